The molecule has 1 N–H and O–H groups in total. The fourth-order valence-corrected chi connectivity index (χ4v) is 3.18. The average molecular weight is 270 g/mol. The minimum Gasteiger partial charge on any atom is -0.314 e. The summed E-state index contributed by atoms with van der Waals surface area (Å²) < 4.78 is 0. The van der Waals surface area contributed by atoms with Gasteiger partial charge in [0.2, 0.25) is 0 Å². The molecular formula is C17H22N2O. The van der Waals surface area contributed by atoms with Crippen LogP contribution >= 0.6 is 0 Å². The summed E-state index contributed by atoms with van der Waals surface area (Å²) in [5.41, 5.74) is 3.75. The quantitative estimate of drug-likeness (QED) is 0.818. The zero-order chi connectivity index (χ0) is 14.1. The van der Waals surface area contributed by atoms with Gasteiger partial charge in [0.15, 0.2) is 0 Å². The van der Waals surface area contributed by atoms with E-state index in [0.29, 0.717) is 12.5 Å². The monoisotopic (exact) mass is 270 g/mol. The minimum atomic E-state index is 0.00615. The Morgan fingerprint density at radius 3 is 2.90 bits per heavy atom. The first-order chi connectivity index (χ1) is 9.65. The lowest BCUT2D eigenvalue weighted by atomic mass is 10.1. The fraction of sp³-hybridized carbons (Fsp3) is 0.471. The van der Waals surface area contributed by atoms with E-state index in [1.54, 1.807) is 0 Å². The highest BCUT2D eigenvalue weighted by atomic mass is 16.2. The summed E-state index contributed by atoms with van der Waals surface area (Å²) in [5.74, 6) is 0.444. The highest BCUT2D eigenvalue weighted by molar-refractivity contribution is 5.90. The van der Waals surface area contributed by atoms with Crippen LogP contribution in [-0.2, 0) is 12.8 Å². The molecule has 1 unspecified atom stereocenters. The molecule has 0 saturated carbocycles. The molecule has 1 aliphatic carbocycles. The summed E-state index contributed by atoms with van der Waals surface area (Å²) in [6.45, 7) is 5.01. The summed E-state index contributed by atoms with van der Waals surface area (Å²) in [5, 5.41) is 3.05. The second kappa shape index (κ2) is 5.31. The number of rotatable bonds is 2. The number of hydrogen-bond donors (Lipinski definition) is 1. The van der Waals surface area contributed by atoms with Crippen molar-refractivity contribution >= 4 is 11.7 Å². The van der Waals surface area contributed by atoms with Crippen molar-refractivity contribution in [1.82, 2.24) is 4.90 Å². The van der Waals surface area contributed by atoms with Gasteiger partial charge in [0.1, 0.15) is 0 Å². The van der Waals surface area contributed by atoms with Crippen LogP contribution in [0.15, 0.2) is 30.4 Å². The number of carbonyl (C=O) groups excluding carboxylic acids is 1. The van der Waals surface area contributed by atoms with Gasteiger partial charge in [-0.2, -0.15) is 0 Å². The van der Waals surface area contributed by atoms with Crippen LogP contribution in [0.1, 0.15) is 31.4 Å². The third-order valence-corrected chi connectivity index (χ3v) is 4.29. The van der Waals surface area contributed by atoms with Gasteiger partial charge in [-0.1, -0.05) is 32.1 Å². The Labute approximate surface area is 120 Å². The lowest BCUT2D eigenvalue weighted by molar-refractivity contribution is 0.199. The van der Waals surface area contributed by atoms with Crippen molar-refractivity contribution in [3.63, 3.8) is 0 Å². The van der Waals surface area contributed by atoms with E-state index in [1.165, 1.54) is 24.0 Å². The maximum absolute atomic E-state index is 12.4. The first kappa shape index (κ1) is 13.2. The van der Waals surface area contributed by atoms with Gasteiger partial charge in [-0.3, -0.25) is 0 Å². The van der Waals surface area contributed by atoms with Crippen LogP contribution in [0.5, 0.6) is 0 Å². The molecule has 1 heterocycles. The normalized spacial score (nSPS) is 20.6. The zero-order valence-corrected chi connectivity index (χ0v) is 12.2. The molecular weight excluding hydrogens is 248 g/mol. The molecule has 1 atom stereocenters. The second-order valence-electron chi connectivity index (χ2n) is 6.08. The highest BCUT2D eigenvalue weighted by Crippen LogP contribution is 2.25. The summed E-state index contributed by atoms with van der Waals surface area (Å²) in [7, 11) is 0. The standard InChI is InChI=1S/C17H22N2O/c1-12(2)16-7-4-10-19(16)17(20)18-15-9-8-13-5-3-6-14(13)11-15/h4,7-9,11-12,16H,3,5-6,10H2,1-2H3,(H,18,20). The summed E-state index contributed by atoms with van der Waals surface area (Å²) in [6.07, 6.45) is 7.76. The molecule has 1 aromatic rings. The molecule has 0 radical (unpaired) electrons. The van der Waals surface area contributed by atoms with Gasteiger partial charge in [-0.15, -0.1) is 0 Å². The van der Waals surface area contributed by atoms with E-state index in [4.69, 9.17) is 0 Å². The Kier molecular flexibility index (Phi) is 3.51. The Morgan fingerprint density at radius 1 is 1.30 bits per heavy atom. The molecule has 0 bridgehead atoms. The van der Waals surface area contributed by atoms with Crippen molar-refractivity contribution in [2.45, 2.75) is 39.2 Å². The molecule has 3 heteroatoms. The summed E-state index contributed by atoms with van der Waals surface area (Å²) in [6, 6.07) is 6.53. The van der Waals surface area contributed by atoms with Crippen molar-refractivity contribution in [3.05, 3.63) is 41.5 Å². The number of aryl methyl sites for hydroxylation is 2. The molecule has 3 rings (SSSR count). The molecule has 0 spiro atoms. The van der Waals surface area contributed by atoms with Gasteiger partial charge < -0.3 is 10.2 Å². The number of nitrogens with zero attached hydrogens (tertiary/aromatic N) is 1. The summed E-state index contributed by atoms with van der Waals surface area (Å²) >= 11 is 0. The number of anilines is 1. The second-order valence-corrected chi connectivity index (χ2v) is 6.08. The maximum Gasteiger partial charge on any atom is 0.322 e. The van der Waals surface area contributed by atoms with Crippen LogP contribution in [-0.4, -0.2) is 23.5 Å². The number of fused-ring (bicyclic) bond motifs is 1. The molecule has 3 nitrogen and oxygen atoms in total. The van der Waals surface area contributed by atoms with Crippen molar-refractivity contribution in [2.75, 3.05) is 11.9 Å². The van der Waals surface area contributed by atoms with Crippen LogP contribution in [0.25, 0.3) is 0 Å². The van der Waals surface area contributed by atoms with Crippen molar-refractivity contribution in [3.8, 4) is 0 Å². The number of hydrogen-bond acceptors (Lipinski definition) is 1. The van der Waals surface area contributed by atoms with Gasteiger partial charge in [-0.25, -0.2) is 4.79 Å². The van der Waals surface area contributed by atoms with Crippen LogP contribution in [0, 0.1) is 5.92 Å². The van der Waals surface area contributed by atoms with E-state index in [-0.39, 0.29) is 12.1 Å². The molecule has 0 fully saturated rings. The van der Waals surface area contributed by atoms with Gasteiger partial charge in [0, 0.05) is 12.2 Å². The topological polar surface area (TPSA) is 32.3 Å². The van der Waals surface area contributed by atoms with Crippen LogP contribution in [0.4, 0.5) is 10.5 Å². The molecule has 2 amide bonds. The molecule has 2 aliphatic rings. The molecule has 0 aromatic heterocycles. The van der Waals surface area contributed by atoms with Crippen LogP contribution in [0.3, 0.4) is 0 Å². The van der Waals surface area contributed by atoms with E-state index in [2.05, 4.69) is 43.4 Å². The zero-order valence-electron chi connectivity index (χ0n) is 12.2. The smallest absolute Gasteiger partial charge is 0.314 e. The Balaban J connectivity index is 1.70. The van der Waals surface area contributed by atoms with E-state index in [9.17, 15) is 4.79 Å². The lowest BCUT2D eigenvalue weighted by Gasteiger charge is -2.27. The minimum absolute atomic E-state index is 0.00615. The average Bonchev–Trinajstić information content (AvgIpc) is 3.06. The Hall–Kier alpha value is -1.77. The Bertz CT molecular complexity index is 548. The first-order valence-electron chi connectivity index (χ1n) is 7.51. The predicted molar refractivity (Wildman–Crippen MR) is 82.0 cm³/mol. The highest BCUT2D eigenvalue weighted by Gasteiger charge is 2.27. The van der Waals surface area contributed by atoms with Crippen LogP contribution < -0.4 is 5.32 Å². The maximum atomic E-state index is 12.4. The lowest BCUT2D eigenvalue weighted by Crippen LogP contribution is -2.41. The third kappa shape index (κ3) is 2.45. The van der Waals surface area contributed by atoms with E-state index in [1.807, 2.05) is 11.0 Å². The van der Waals surface area contributed by atoms with Gasteiger partial charge in [0.25, 0.3) is 0 Å². The number of carbonyl (C=O) groups is 1. The SMILES string of the molecule is CC(C)C1C=CCN1C(=O)Nc1ccc2c(c1)CCC2. The third-order valence-electron chi connectivity index (χ3n) is 4.29. The van der Waals surface area contributed by atoms with Gasteiger partial charge in [-0.05, 0) is 48.4 Å². The van der Waals surface area contributed by atoms with Gasteiger partial charge in [0.05, 0.1) is 6.04 Å². The van der Waals surface area contributed by atoms with Gasteiger partial charge >= 0.3 is 6.03 Å². The van der Waals surface area contributed by atoms with E-state index < -0.39 is 0 Å². The van der Waals surface area contributed by atoms with Crippen molar-refractivity contribution in [2.24, 2.45) is 5.92 Å². The molecule has 1 aromatic carbocycles. The number of amides is 2. The summed E-state index contributed by atoms with van der Waals surface area (Å²) in [4.78, 5) is 14.3. The Morgan fingerprint density at radius 2 is 2.10 bits per heavy atom. The molecule has 20 heavy (non-hydrogen) atoms. The largest absolute Gasteiger partial charge is 0.322 e. The van der Waals surface area contributed by atoms with Crippen LogP contribution in [0.2, 0.25) is 0 Å². The molecule has 1 aliphatic heterocycles. The van der Waals surface area contributed by atoms with E-state index in [0.717, 1.165) is 12.1 Å². The fourth-order valence-electron chi connectivity index (χ4n) is 3.18. The number of benzene rings is 1. The predicted octanol–water partition coefficient (Wildman–Crippen LogP) is 3.60. The number of nitrogens with one attached hydrogen (secondary N) is 1. The molecule has 106 valence electrons. The first-order valence-corrected chi connectivity index (χ1v) is 7.51. The number of urea groups is 1. The van der Waals surface area contributed by atoms with Crippen molar-refractivity contribution < 1.29 is 4.79 Å². The molecule has 0 saturated heterocycles. The van der Waals surface area contributed by atoms with Crippen molar-refractivity contribution in [1.29, 1.82) is 0 Å². The van der Waals surface area contributed by atoms with E-state index >= 15 is 0 Å².